The number of azide groups is 1. The van der Waals surface area contributed by atoms with Gasteiger partial charge in [0.15, 0.2) is 0 Å². The Kier molecular flexibility index (Phi) is 3.80. The summed E-state index contributed by atoms with van der Waals surface area (Å²) in [4.78, 5) is 15.6. The highest BCUT2D eigenvalue weighted by Gasteiger charge is 2.43. The van der Waals surface area contributed by atoms with Gasteiger partial charge in [0, 0.05) is 17.3 Å². The number of hydrogen-bond acceptors (Lipinski definition) is 2. The summed E-state index contributed by atoms with van der Waals surface area (Å²) in [5, 5.41) is 3.97. The SMILES string of the molecule is C=C1CC2CC(=O)C([C@@H](N=[N+]=[N-])c3ccccc3)C(C1)C2. The largest absolute Gasteiger partial charge is 0.299 e. The zero-order valence-electron chi connectivity index (χ0n) is 12.0. The van der Waals surface area contributed by atoms with Gasteiger partial charge in [-0.1, -0.05) is 47.6 Å². The first kappa shape index (κ1) is 13.9. The van der Waals surface area contributed by atoms with Crippen LogP contribution in [0.5, 0.6) is 0 Å². The molecule has 4 heteroatoms. The third kappa shape index (κ3) is 2.72. The Hall–Kier alpha value is -2.06. The minimum Gasteiger partial charge on any atom is -0.299 e. The summed E-state index contributed by atoms with van der Waals surface area (Å²) in [5.74, 6) is 0.775. The van der Waals surface area contributed by atoms with E-state index in [-0.39, 0.29) is 23.7 Å². The highest BCUT2D eigenvalue weighted by Crippen LogP contribution is 2.48. The van der Waals surface area contributed by atoms with E-state index < -0.39 is 0 Å². The van der Waals surface area contributed by atoms with Crippen LogP contribution in [0.2, 0.25) is 0 Å². The van der Waals surface area contributed by atoms with Crippen molar-refractivity contribution in [1.82, 2.24) is 0 Å². The Bertz CT molecular complexity index is 604. The molecule has 21 heavy (non-hydrogen) atoms. The molecule has 0 amide bonds. The van der Waals surface area contributed by atoms with E-state index in [1.54, 1.807) is 0 Å². The van der Waals surface area contributed by atoms with Crippen molar-refractivity contribution in [3.8, 4) is 0 Å². The number of rotatable bonds is 3. The summed E-state index contributed by atoms with van der Waals surface area (Å²) >= 11 is 0. The third-order valence-electron chi connectivity index (χ3n) is 4.79. The van der Waals surface area contributed by atoms with Crippen LogP contribution in [0.15, 0.2) is 47.6 Å². The summed E-state index contributed by atoms with van der Waals surface area (Å²) < 4.78 is 0. The standard InChI is InChI=1S/C17H19N3O/c1-11-7-12-9-14(8-11)16(15(21)10-12)17(19-20-18)13-5-3-2-4-6-13/h2-6,12,14,16-17H,1,7-10H2/t12?,14?,16?,17-/m0/s1. The van der Waals surface area contributed by atoms with Gasteiger partial charge in [0.05, 0.1) is 6.04 Å². The maximum atomic E-state index is 12.6. The van der Waals surface area contributed by atoms with E-state index in [9.17, 15) is 4.79 Å². The van der Waals surface area contributed by atoms with Crippen LogP contribution in [0.25, 0.3) is 10.4 Å². The van der Waals surface area contributed by atoms with Gasteiger partial charge in [0.2, 0.25) is 0 Å². The molecule has 1 aromatic carbocycles. The van der Waals surface area contributed by atoms with E-state index >= 15 is 0 Å². The molecule has 2 bridgehead atoms. The van der Waals surface area contributed by atoms with E-state index in [1.165, 1.54) is 5.57 Å². The van der Waals surface area contributed by atoms with Gasteiger partial charge in [-0.15, -0.1) is 0 Å². The first-order valence-corrected chi connectivity index (χ1v) is 7.47. The van der Waals surface area contributed by atoms with Gasteiger partial charge < -0.3 is 0 Å². The Morgan fingerprint density at radius 2 is 2.00 bits per heavy atom. The van der Waals surface area contributed by atoms with E-state index in [0.29, 0.717) is 12.3 Å². The predicted molar refractivity (Wildman–Crippen MR) is 81.4 cm³/mol. The molecule has 0 radical (unpaired) electrons. The van der Waals surface area contributed by atoms with Crippen molar-refractivity contribution in [1.29, 1.82) is 0 Å². The van der Waals surface area contributed by atoms with E-state index in [0.717, 1.165) is 24.8 Å². The first-order chi connectivity index (χ1) is 10.2. The van der Waals surface area contributed by atoms with Crippen LogP contribution in [0, 0.1) is 17.8 Å². The van der Waals surface area contributed by atoms with E-state index in [4.69, 9.17) is 5.53 Å². The summed E-state index contributed by atoms with van der Waals surface area (Å²) in [6.45, 7) is 4.12. The Balaban J connectivity index is 1.96. The normalized spacial score (nSPS) is 29.6. The lowest BCUT2D eigenvalue weighted by Crippen LogP contribution is -2.39. The second-order valence-corrected chi connectivity index (χ2v) is 6.28. The number of ketones is 1. The van der Waals surface area contributed by atoms with E-state index in [2.05, 4.69) is 16.6 Å². The Labute approximate surface area is 124 Å². The fraction of sp³-hybridized carbons (Fsp3) is 0.471. The molecule has 0 N–H and O–H groups in total. The van der Waals surface area contributed by atoms with Gasteiger partial charge in [0.1, 0.15) is 5.78 Å². The first-order valence-electron chi connectivity index (χ1n) is 7.47. The molecule has 0 heterocycles. The van der Waals surface area contributed by atoms with Gasteiger partial charge in [-0.25, -0.2) is 0 Å². The van der Waals surface area contributed by atoms with Crippen molar-refractivity contribution < 1.29 is 4.79 Å². The molecule has 2 aliphatic carbocycles. The second kappa shape index (κ2) is 5.74. The fourth-order valence-corrected chi connectivity index (χ4v) is 4.06. The summed E-state index contributed by atoms with van der Waals surface area (Å²) in [6, 6.07) is 9.27. The molecule has 3 rings (SSSR count). The molecule has 0 saturated heterocycles. The average molecular weight is 281 g/mol. The maximum absolute atomic E-state index is 12.6. The van der Waals surface area contributed by atoms with Crippen LogP contribution in [-0.2, 0) is 4.79 Å². The van der Waals surface area contributed by atoms with Crippen molar-refractivity contribution in [3.05, 3.63) is 58.5 Å². The molecule has 108 valence electrons. The van der Waals surface area contributed by atoms with Crippen molar-refractivity contribution in [2.45, 2.75) is 31.7 Å². The molecule has 3 unspecified atom stereocenters. The minimum atomic E-state index is -0.388. The molecular weight excluding hydrogens is 262 g/mol. The lowest BCUT2D eigenvalue weighted by molar-refractivity contribution is -0.130. The van der Waals surface area contributed by atoms with Gasteiger partial charge in [-0.3, -0.25) is 4.79 Å². The number of nitrogens with zero attached hydrogens (tertiary/aromatic N) is 3. The Morgan fingerprint density at radius 3 is 2.71 bits per heavy atom. The van der Waals surface area contributed by atoms with Crippen molar-refractivity contribution in [3.63, 3.8) is 0 Å². The number of Topliss-reactive ketones (excluding diaryl/α,β-unsaturated/α-hetero) is 1. The number of carbonyl (C=O) groups is 1. The van der Waals surface area contributed by atoms with Crippen molar-refractivity contribution in [2.75, 3.05) is 0 Å². The van der Waals surface area contributed by atoms with Crippen LogP contribution < -0.4 is 0 Å². The molecule has 2 aliphatic rings. The average Bonchev–Trinajstić information content (AvgIpc) is 2.46. The number of carbonyl (C=O) groups excluding carboxylic acids is 1. The van der Waals surface area contributed by atoms with Crippen LogP contribution in [0.3, 0.4) is 0 Å². The fourth-order valence-electron chi connectivity index (χ4n) is 4.06. The molecular formula is C17H19N3O. The van der Waals surface area contributed by atoms with Gasteiger partial charge in [-0.05, 0) is 42.2 Å². The highest BCUT2D eigenvalue weighted by atomic mass is 16.1. The lowest BCUT2D eigenvalue weighted by Gasteiger charge is -2.42. The lowest BCUT2D eigenvalue weighted by atomic mass is 9.62. The van der Waals surface area contributed by atoms with E-state index in [1.807, 2.05) is 30.3 Å². The molecule has 4 atom stereocenters. The van der Waals surface area contributed by atoms with Crippen LogP contribution in [-0.4, -0.2) is 5.78 Å². The zero-order chi connectivity index (χ0) is 14.8. The van der Waals surface area contributed by atoms with Crippen molar-refractivity contribution in [2.24, 2.45) is 22.9 Å². The summed E-state index contributed by atoms with van der Waals surface area (Å²) in [6.07, 6.45) is 3.52. The quantitative estimate of drug-likeness (QED) is 0.345. The molecule has 0 aromatic heterocycles. The molecule has 0 aliphatic heterocycles. The zero-order valence-corrected chi connectivity index (χ0v) is 12.0. The molecule has 0 spiro atoms. The summed E-state index contributed by atoms with van der Waals surface area (Å²) in [7, 11) is 0. The third-order valence-corrected chi connectivity index (χ3v) is 4.79. The number of fused-ring (bicyclic) bond motifs is 2. The van der Waals surface area contributed by atoms with Crippen LogP contribution in [0.1, 0.15) is 37.3 Å². The number of hydrogen-bond donors (Lipinski definition) is 0. The monoisotopic (exact) mass is 281 g/mol. The minimum absolute atomic E-state index is 0.198. The number of allylic oxidation sites excluding steroid dienone is 1. The van der Waals surface area contributed by atoms with Crippen LogP contribution >= 0.6 is 0 Å². The smallest absolute Gasteiger partial charge is 0.137 e. The summed E-state index contributed by atoms with van der Waals surface area (Å²) in [5.41, 5.74) is 11.1. The molecule has 2 fully saturated rings. The molecule has 1 aromatic rings. The van der Waals surface area contributed by atoms with Gasteiger partial charge in [-0.2, -0.15) is 0 Å². The molecule has 2 saturated carbocycles. The van der Waals surface area contributed by atoms with Crippen LogP contribution in [0.4, 0.5) is 0 Å². The van der Waals surface area contributed by atoms with Gasteiger partial charge >= 0.3 is 0 Å². The van der Waals surface area contributed by atoms with Crippen molar-refractivity contribution >= 4 is 5.78 Å². The predicted octanol–water partition coefficient (Wildman–Crippen LogP) is 4.60. The second-order valence-electron chi connectivity index (χ2n) is 6.28. The number of benzene rings is 1. The van der Waals surface area contributed by atoms with Gasteiger partial charge in [0.25, 0.3) is 0 Å². The maximum Gasteiger partial charge on any atom is 0.137 e. The highest BCUT2D eigenvalue weighted by molar-refractivity contribution is 5.83. The topological polar surface area (TPSA) is 65.8 Å². The Morgan fingerprint density at radius 1 is 1.24 bits per heavy atom. The molecule has 4 nitrogen and oxygen atoms in total.